The maximum absolute atomic E-state index is 13.0. The topological polar surface area (TPSA) is 95.2 Å². The van der Waals surface area contributed by atoms with Crippen molar-refractivity contribution >= 4 is 28.8 Å². The summed E-state index contributed by atoms with van der Waals surface area (Å²) in [4.78, 5) is 46.8. The second-order valence-corrected chi connectivity index (χ2v) is 7.90. The number of hydrogen-bond donors (Lipinski definition) is 2. The fourth-order valence-corrected chi connectivity index (χ4v) is 3.92. The lowest BCUT2D eigenvalue weighted by Gasteiger charge is -2.22. The van der Waals surface area contributed by atoms with E-state index in [2.05, 4.69) is 15.3 Å². The number of imide groups is 1. The van der Waals surface area contributed by atoms with Crippen LogP contribution < -0.4 is 5.32 Å². The van der Waals surface area contributed by atoms with Gasteiger partial charge in [-0.15, -0.1) is 0 Å². The zero-order valence-electron chi connectivity index (χ0n) is 17.0. The van der Waals surface area contributed by atoms with Gasteiger partial charge in [0.25, 0.3) is 0 Å². The summed E-state index contributed by atoms with van der Waals surface area (Å²) < 4.78 is 0. The summed E-state index contributed by atoms with van der Waals surface area (Å²) in [5.41, 5.74) is 1.68. The van der Waals surface area contributed by atoms with E-state index >= 15 is 0 Å². The minimum absolute atomic E-state index is 0.0485. The number of para-hydroxylation sites is 2. The van der Waals surface area contributed by atoms with Crippen molar-refractivity contribution in [2.24, 2.45) is 0 Å². The van der Waals surface area contributed by atoms with Crippen molar-refractivity contribution in [1.29, 1.82) is 0 Å². The van der Waals surface area contributed by atoms with Crippen molar-refractivity contribution in [3.8, 4) is 0 Å². The van der Waals surface area contributed by atoms with Gasteiger partial charge in [-0.2, -0.15) is 0 Å². The Kier molecular flexibility index (Phi) is 5.11. The molecule has 1 saturated heterocycles. The summed E-state index contributed by atoms with van der Waals surface area (Å²) in [5, 5.41) is 2.88. The SMILES string of the molecule is C[C@@H](NC(=O)CCN1C(=O)C[C@](C)(c2ccccc2)C1=O)c1nc2ccccc2[nH]1. The van der Waals surface area contributed by atoms with E-state index in [9.17, 15) is 14.4 Å². The summed E-state index contributed by atoms with van der Waals surface area (Å²) >= 11 is 0. The van der Waals surface area contributed by atoms with Crippen molar-refractivity contribution in [1.82, 2.24) is 20.2 Å². The van der Waals surface area contributed by atoms with Crippen molar-refractivity contribution in [2.75, 3.05) is 6.54 Å². The molecule has 1 aliphatic rings. The molecule has 4 rings (SSSR count). The van der Waals surface area contributed by atoms with Crippen molar-refractivity contribution < 1.29 is 14.4 Å². The van der Waals surface area contributed by atoms with Gasteiger partial charge in [-0.3, -0.25) is 19.3 Å². The summed E-state index contributed by atoms with van der Waals surface area (Å²) in [5.74, 6) is -0.0762. The minimum Gasteiger partial charge on any atom is -0.346 e. The van der Waals surface area contributed by atoms with Crippen LogP contribution in [0.1, 0.15) is 44.1 Å². The number of carbonyl (C=O) groups excluding carboxylic acids is 3. The zero-order valence-corrected chi connectivity index (χ0v) is 17.0. The maximum atomic E-state index is 13.0. The van der Waals surface area contributed by atoms with Crippen LogP contribution in [0.5, 0.6) is 0 Å². The van der Waals surface area contributed by atoms with E-state index in [1.807, 2.05) is 61.5 Å². The van der Waals surface area contributed by atoms with Crippen LogP contribution in [0.3, 0.4) is 0 Å². The second kappa shape index (κ2) is 7.74. The Hall–Kier alpha value is -3.48. The van der Waals surface area contributed by atoms with Gasteiger partial charge in [0.1, 0.15) is 5.82 Å². The standard InChI is InChI=1S/C23H24N4O3/c1-15(21-25-17-10-6-7-11-18(17)26-21)24-19(28)12-13-27-20(29)14-23(2,22(27)30)16-8-4-3-5-9-16/h3-11,15H,12-14H2,1-2H3,(H,24,28)(H,25,26)/t15-,23-/m1/s1. The largest absolute Gasteiger partial charge is 0.346 e. The quantitative estimate of drug-likeness (QED) is 0.618. The van der Waals surface area contributed by atoms with Crippen molar-refractivity contribution in [3.63, 3.8) is 0 Å². The number of nitrogens with one attached hydrogen (secondary N) is 2. The van der Waals surface area contributed by atoms with Gasteiger partial charge in [0, 0.05) is 19.4 Å². The van der Waals surface area contributed by atoms with Crippen molar-refractivity contribution in [2.45, 2.75) is 38.1 Å². The van der Waals surface area contributed by atoms with Gasteiger partial charge in [-0.1, -0.05) is 42.5 Å². The maximum Gasteiger partial charge on any atom is 0.240 e. The van der Waals surface area contributed by atoms with Crippen molar-refractivity contribution in [3.05, 3.63) is 66.0 Å². The number of H-pyrrole nitrogens is 1. The van der Waals surface area contributed by atoms with Gasteiger partial charge in [-0.25, -0.2) is 4.98 Å². The average Bonchev–Trinajstić information content (AvgIpc) is 3.27. The molecule has 0 aliphatic carbocycles. The highest BCUT2D eigenvalue weighted by molar-refractivity contribution is 6.09. The minimum atomic E-state index is -0.879. The molecule has 2 aromatic carbocycles. The lowest BCUT2D eigenvalue weighted by Crippen LogP contribution is -2.39. The van der Waals surface area contributed by atoms with Crippen LogP contribution in [0.2, 0.25) is 0 Å². The Morgan fingerprint density at radius 1 is 1.17 bits per heavy atom. The molecule has 1 aliphatic heterocycles. The molecule has 30 heavy (non-hydrogen) atoms. The molecule has 1 fully saturated rings. The number of aromatic nitrogens is 2. The predicted octanol–water partition coefficient (Wildman–Crippen LogP) is 2.85. The Morgan fingerprint density at radius 3 is 2.60 bits per heavy atom. The molecule has 0 bridgehead atoms. The monoisotopic (exact) mass is 404 g/mol. The van der Waals surface area contributed by atoms with Gasteiger partial charge in [0.15, 0.2) is 0 Å². The van der Waals surface area contributed by atoms with Crippen LogP contribution in [-0.2, 0) is 19.8 Å². The molecule has 3 aromatic rings. The Labute approximate surface area is 174 Å². The molecule has 154 valence electrons. The summed E-state index contributed by atoms with van der Waals surface area (Å²) in [6.07, 6.45) is 0.166. The number of aromatic amines is 1. The molecule has 1 aromatic heterocycles. The van der Waals surface area contributed by atoms with E-state index in [1.165, 1.54) is 4.90 Å². The molecular formula is C23H24N4O3. The first kappa shape index (κ1) is 19.8. The van der Waals surface area contributed by atoms with Gasteiger partial charge in [-0.05, 0) is 31.5 Å². The number of carbonyl (C=O) groups is 3. The number of benzene rings is 2. The number of likely N-dealkylation sites (tertiary alicyclic amines) is 1. The first-order valence-electron chi connectivity index (χ1n) is 10.0. The molecule has 2 heterocycles. The fraction of sp³-hybridized carbons (Fsp3) is 0.304. The third-order valence-corrected chi connectivity index (χ3v) is 5.69. The normalized spacial score (nSPS) is 20.0. The Balaban J connectivity index is 1.37. The molecule has 0 spiro atoms. The van der Waals surface area contributed by atoms with Gasteiger partial charge < -0.3 is 10.3 Å². The summed E-state index contributed by atoms with van der Waals surface area (Å²) in [7, 11) is 0. The number of imidazole rings is 1. The van der Waals surface area contributed by atoms with Gasteiger partial charge in [0.2, 0.25) is 17.7 Å². The Morgan fingerprint density at radius 2 is 1.87 bits per heavy atom. The van der Waals surface area contributed by atoms with Crippen LogP contribution in [-0.4, -0.2) is 39.1 Å². The molecule has 0 radical (unpaired) electrons. The lowest BCUT2D eigenvalue weighted by atomic mass is 9.81. The summed E-state index contributed by atoms with van der Waals surface area (Å²) in [6.45, 7) is 3.69. The van der Waals surface area contributed by atoms with E-state index in [0.717, 1.165) is 16.6 Å². The number of nitrogens with zero attached hydrogens (tertiary/aromatic N) is 2. The van der Waals surface area contributed by atoms with E-state index in [4.69, 9.17) is 0 Å². The molecule has 7 heteroatoms. The van der Waals surface area contributed by atoms with Crippen LogP contribution in [0.25, 0.3) is 11.0 Å². The number of hydrogen-bond acceptors (Lipinski definition) is 4. The molecule has 0 saturated carbocycles. The lowest BCUT2D eigenvalue weighted by molar-refractivity contribution is -0.140. The van der Waals surface area contributed by atoms with E-state index in [0.29, 0.717) is 5.82 Å². The average molecular weight is 404 g/mol. The fourth-order valence-electron chi connectivity index (χ4n) is 3.92. The van der Waals surface area contributed by atoms with Crippen LogP contribution in [0, 0.1) is 0 Å². The number of amides is 3. The highest BCUT2D eigenvalue weighted by atomic mass is 16.2. The summed E-state index contributed by atoms with van der Waals surface area (Å²) in [6, 6.07) is 16.6. The molecule has 2 N–H and O–H groups in total. The molecule has 7 nitrogen and oxygen atoms in total. The van der Waals surface area contributed by atoms with E-state index in [-0.39, 0.29) is 43.1 Å². The highest BCUT2D eigenvalue weighted by Crippen LogP contribution is 2.36. The highest BCUT2D eigenvalue weighted by Gasteiger charge is 2.49. The Bertz CT molecular complexity index is 1070. The molecule has 0 unspecified atom stereocenters. The third-order valence-electron chi connectivity index (χ3n) is 5.69. The van der Waals surface area contributed by atoms with Crippen LogP contribution in [0.15, 0.2) is 54.6 Å². The number of rotatable bonds is 6. The zero-order chi connectivity index (χ0) is 21.3. The smallest absolute Gasteiger partial charge is 0.240 e. The molecule has 3 amide bonds. The number of fused-ring (bicyclic) bond motifs is 1. The van der Waals surface area contributed by atoms with Gasteiger partial charge >= 0.3 is 0 Å². The van der Waals surface area contributed by atoms with E-state index in [1.54, 1.807) is 6.92 Å². The first-order chi connectivity index (χ1) is 14.4. The third kappa shape index (κ3) is 3.58. The van der Waals surface area contributed by atoms with Crippen LogP contribution in [0.4, 0.5) is 0 Å². The van der Waals surface area contributed by atoms with Gasteiger partial charge in [0.05, 0.1) is 22.5 Å². The van der Waals surface area contributed by atoms with Crippen LogP contribution >= 0.6 is 0 Å². The predicted molar refractivity (Wildman–Crippen MR) is 112 cm³/mol. The van der Waals surface area contributed by atoms with E-state index < -0.39 is 5.41 Å². The molecular weight excluding hydrogens is 380 g/mol. The molecule has 2 atom stereocenters. The first-order valence-corrected chi connectivity index (χ1v) is 10.0. The second-order valence-electron chi connectivity index (χ2n) is 7.90.